The lowest BCUT2D eigenvalue weighted by molar-refractivity contribution is -0.0332. The Labute approximate surface area is 191 Å². The van der Waals surface area contributed by atoms with E-state index in [1.807, 2.05) is 0 Å². The largest absolute Gasteiger partial charge is 0.478 e. The summed E-state index contributed by atoms with van der Waals surface area (Å²) in [6.45, 7) is 9.44. The van der Waals surface area contributed by atoms with E-state index in [2.05, 4.69) is 45.9 Å². The molecular formula is C28H34O4. The van der Waals surface area contributed by atoms with Crippen molar-refractivity contribution in [3.8, 4) is 0 Å². The van der Waals surface area contributed by atoms with Crippen LogP contribution in [0.4, 0.5) is 0 Å². The minimum atomic E-state index is -1.11. The van der Waals surface area contributed by atoms with Gasteiger partial charge in [0.05, 0.1) is 17.7 Å². The molecule has 0 bridgehead atoms. The molecule has 0 aliphatic heterocycles. The number of ether oxygens (including phenoxy) is 1. The van der Waals surface area contributed by atoms with Crippen molar-refractivity contribution in [2.45, 2.75) is 71.1 Å². The normalized spacial score (nSPS) is 26.8. The second-order valence-corrected chi connectivity index (χ2v) is 10.5. The highest BCUT2D eigenvalue weighted by Gasteiger charge is 2.52. The Morgan fingerprint density at radius 2 is 1.81 bits per heavy atom. The van der Waals surface area contributed by atoms with Gasteiger partial charge in [0.15, 0.2) is 0 Å². The standard InChI is InChI=1S/C28H34O4/c1-18(2)19-10-12-23-20(16-19)11-13-24-27(3,14-7-15-28(23,24)4)17-32-26(31)22-9-6-5-8-21(22)25(29)30/h5-6,8-10,12,16,18,24H,7,11,13-15,17H2,1-4H3,(H,29,30)/t24-,27+,28+/m0/s1. The van der Waals surface area contributed by atoms with Gasteiger partial charge in [-0.2, -0.15) is 0 Å². The Kier molecular flexibility index (Phi) is 5.91. The lowest BCUT2D eigenvalue weighted by Gasteiger charge is -2.55. The Morgan fingerprint density at radius 1 is 1.09 bits per heavy atom. The van der Waals surface area contributed by atoms with Crippen molar-refractivity contribution in [2.24, 2.45) is 11.3 Å². The molecule has 3 atom stereocenters. The molecule has 4 nitrogen and oxygen atoms in total. The third kappa shape index (κ3) is 3.85. The average Bonchev–Trinajstić information content (AvgIpc) is 2.77. The van der Waals surface area contributed by atoms with Gasteiger partial charge in [0.1, 0.15) is 0 Å². The molecule has 0 aromatic heterocycles. The second-order valence-electron chi connectivity index (χ2n) is 10.5. The van der Waals surface area contributed by atoms with E-state index in [-0.39, 0.29) is 22.0 Å². The highest BCUT2D eigenvalue weighted by molar-refractivity contribution is 6.02. The Hall–Kier alpha value is -2.62. The molecule has 2 aromatic carbocycles. The SMILES string of the molecule is CC(C)c1ccc2c(c1)CC[C@H]1[C@@](C)(COC(=O)c3ccccc3C(=O)O)CCC[C@]21C. The van der Waals surface area contributed by atoms with Crippen LogP contribution in [0.15, 0.2) is 42.5 Å². The Morgan fingerprint density at radius 3 is 2.50 bits per heavy atom. The van der Waals surface area contributed by atoms with Gasteiger partial charge in [-0.3, -0.25) is 0 Å². The summed E-state index contributed by atoms with van der Waals surface area (Å²) >= 11 is 0. The van der Waals surface area contributed by atoms with Gasteiger partial charge in [-0.25, -0.2) is 9.59 Å². The zero-order valence-electron chi connectivity index (χ0n) is 19.6. The number of fused-ring (bicyclic) bond motifs is 3. The molecule has 1 N–H and O–H groups in total. The summed E-state index contributed by atoms with van der Waals surface area (Å²) in [7, 11) is 0. The highest BCUT2D eigenvalue weighted by atomic mass is 16.5. The van der Waals surface area contributed by atoms with Crippen LogP contribution in [0.3, 0.4) is 0 Å². The zero-order chi connectivity index (χ0) is 23.1. The van der Waals surface area contributed by atoms with E-state index < -0.39 is 11.9 Å². The van der Waals surface area contributed by atoms with Crippen molar-refractivity contribution in [1.82, 2.24) is 0 Å². The molecule has 4 rings (SSSR count). The van der Waals surface area contributed by atoms with E-state index in [0.717, 1.165) is 32.1 Å². The van der Waals surface area contributed by atoms with Crippen LogP contribution in [0, 0.1) is 11.3 Å². The maximum atomic E-state index is 12.8. The van der Waals surface area contributed by atoms with Gasteiger partial charge in [0.2, 0.25) is 0 Å². The summed E-state index contributed by atoms with van der Waals surface area (Å²) in [6.07, 6.45) is 5.40. The smallest absolute Gasteiger partial charge is 0.339 e. The van der Waals surface area contributed by atoms with Crippen LogP contribution in [0.1, 0.15) is 96.7 Å². The van der Waals surface area contributed by atoms with Crippen molar-refractivity contribution in [3.63, 3.8) is 0 Å². The van der Waals surface area contributed by atoms with Crippen LogP contribution in [0.25, 0.3) is 0 Å². The molecule has 0 radical (unpaired) electrons. The molecule has 0 spiro atoms. The molecular weight excluding hydrogens is 400 g/mol. The predicted octanol–water partition coefficient (Wildman–Crippen LogP) is 6.38. The van der Waals surface area contributed by atoms with E-state index in [9.17, 15) is 14.7 Å². The third-order valence-corrected chi connectivity index (χ3v) is 8.08. The lowest BCUT2D eigenvalue weighted by Crippen LogP contribution is -2.51. The summed E-state index contributed by atoms with van der Waals surface area (Å²) in [5.74, 6) is -0.716. The Bertz CT molecular complexity index is 1040. The molecule has 1 fully saturated rings. The number of benzene rings is 2. The van der Waals surface area contributed by atoms with Gasteiger partial charge in [0.25, 0.3) is 0 Å². The monoisotopic (exact) mass is 434 g/mol. The molecule has 2 aliphatic carbocycles. The zero-order valence-corrected chi connectivity index (χ0v) is 19.6. The number of carboxylic acid groups (broad SMARTS) is 1. The molecule has 0 heterocycles. The van der Waals surface area contributed by atoms with Crippen molar-refractivity contribution in [1.29, 1.82) is 0 Å². The number of hydrogen-bond acceptors (Lipinski definition) is 3. The summed E-state index contributed by atoms with van der Waals surface area (Å²) < 4.78 is 5.79. The van der Waals surface area contributed by atoms with E-state index >= 15 is 0 Å². The third-order valence-electron chi connectivity index (χ3n) is 8.08. The van der Waals surface area contributed by atoms with Gasteiger partial charge < -0.3 is 9.84 Å². The summed E-state index contributed by atoms with van der Waals surface area (Å²) in [4.78, 5) is 24.3. The Balaban J connectivity index is 1.57. The second kappa shape index (κ2) is 8.38. The minimum Gasteiger partial charge on any atom is -0.478 e. The van der Waals surface area contributed by atoms with Crippen LogP contribution in [0.2, 0.25) is 0 Å². The minimum absolute atomic E-state index is 0.0105. The first-order chi connectivity index (χ1) is 15.2. The van der Waals surface area contributed by atoms with Crippen LogP contribution in [0.5, 0.6) is 0 Å². The fourth-order valence-corrected chi connectivity index (χ4v) is 6.33. The van der Waals surface area contributed by atoms with Crippen molar-refractivity contribution >= 4 is 11.9 Å². The topological polar surface area (TPSA) is 63.6 Å². The van der Waals surface area contributed by atoms with Crippen LogP contribution >= 0.6 is 0 Å². The number of aryl methyl sites for hydroxylation is 1. The van der Waals surface area contributed by atoms with Gasteiger partial charge in [-0.1, -0.05) is 64.4 Å². The molecule has 1 saturated carbocycles. The number of carbonyl (C=O) groups is 2. The fraction of sp³-hybridized carbons (Fsp3) is 0.500. The molecule has 0 amide bonds. The molecule has 32 heavy (non-hydrogen) atoms. The number of rotatable bonds is 5. The predicted molar refractivity (Wildman–Crippen MR) is 125 cm³/mol. The van der Waals surface area contributed by atoms with Crippen molar-refractivity contribution < 1.29 is 19.4 Å². The van der Waals surface area contributed by atoms with E-state index in [0.29, 0.717) is 18.4 Å². The van der Waals surface area contributed by atoms with Crippen molar-refractivity contribution in [3.05, 3.63) is 70.3 Å². The quantitative estimate of drug-likeness (QED) is 0.555. The number of hydrogen-bond donors (Lipinski definition) is 1. The fourth-order valence-electron chi connectivity index (χ4n) is 6.33. The first-order valence-corrected chi connectivity index (χ1v) is 11.8. The number of esters is 1. The summed E-state index contributed by atoms with van der Waals surface area (Å²) in [6, 6.07) is 13.3. The molecule has 0 unspecified atom stereocenters. The van der Waals surface area contributed by atoms with Gasteiger partial charge >= 0.3 is 11.9 Å². The molecule has 4 heteroatoms. The van der Waals surface area contributed by atoms with Crippen molar-refractivity contribution in [2.75, 3.05) is 6.61 Å². The van der Waals surface area contributed by atoms with E-state index in [1.165, 1.54) is 28.8 Å². The summed E-state index contributed by atoms with van der Waals surface area (Å²) in [5.41, 5.74) is 4.39. The van der Waals surface area contributed by atoms with E-state index in [4.69, 9.17) is 4.74 Å². The first-order valence-electron chi connectivity index (χ1n) is 11.8. The maximum absolute atomic E-state index is 12.8. The van der Waals surface area contributed by atoms with Gasteiger partial charge in [0, 0.05) is 5.41 Å². The molecule has 0 saturated heterocycles. The van der Waals surface area contributed by atoms with Gasteiger partial charge in [-0.05, 0) is 71.8 Å². The number of aromatic carboxylic acids is 1. The van der Waals surface area contributed by atoms with Crippen LogP contribution in [-0.2, 0) is 16.6 Å². The van der Waals surface area contributed by atoms with E-state index in [1.54, 1.807) is 12.1 Å². The van der Waals surface area contributed by atoms with Crippen LogP contribution in [-0.4, -0.2) is 23.7 Å². The molecule has 170 valence electrons. The molecule has 2 aliphatic rings. The van der Waals surface area contributed by atoms with Crippen LogP contribution < -0.4 is 0 Å². The number of carboxylic acids is 1. The first kappa shape index (κ1) is 22.6. The average molecular weight is 435 g/mol. The highest BCUT2D eigenvalue weighted by Crippen LogP contribution is 2.57. The van der Waals surface area contributed by atoms with Gasteiger partial charge in [-0.15, -0.1) is 0 Å². The number of carbonyl (C=O) groups excluding carboxylic acids is 1. The maximum Gasteiger partial charge on any atom is 0.339 e. The summed E-state index contributed by atoms with van der Waals surface area (Å²) in [5, 5.41) is 9.41. The lowest BCUT2D eigenvalue weighted by atomic mass is 9.50. The molecule has 2 aromatic rings.